The molecule has 0 aromatic heterocycles. The van der Waals surface area contributed by atoms with Crippen LogP contribution in [0.1, 0.15) is 53.9 Å². The van der Waals surface area contributed by atoms with Gasteiger partial charge in [-0.05, 0) is 50.4 Å². The van der Waals surface area contributed by atoms with Gasteiger partial charge in [0.1, 0.15) is 0 Å². The molecule has 0 aromatic carbocycles. The van der Waals surface area contributed by atoms with Crippen LogP contribution in [0.5, 0.6) is 0 Å². The Labute approximate surface area is 140 Å². The van der Waals surface area contributed by atoms with E-state index in [2.05, 4.69) is 31.3 Å². The van der Waals surface area contributed by atoms with Crippen molar-refractivity contribution in [3.8, 4) is 0 Å². The number of rotatable bonds is 7. The summed E-state index contributed by atoms with van der Waals surface area (Å²) in [4.78, 5) is 27.1. The zero-order valence-electron chi connectivity index (χ0n) is 15.3. The number of amides is 2. The number of hydrogen-bond acceptors (Lipinski definition) is 2. The smallest absolute Gasteiger partial charge is 0.223 e. The van der Waals surface area contributed by atoms with E-state index >= 15 is 0 Å². The third kappa shape index (κ3) is 3.46. The molecule has 2 amide bonds. The van der Waals surface area contributed by atoms with Gasteiger partial charge in [0.25, 0.3) is 0 Å². The molecule has 130 valence electrons. The van der Waals surface area contributed by atoms with Gasteiger partial charge in [-0.25, -0.2) is 0 Å². The van der Waals surface area contributed by atoms with Crippen molar-refractivity contribution in [1.29, 1.82) is 0 Å². The molecule has 2 aliphatic carbocycles. The Bertz CT molecular complexity index is 498. The molecule has 1 N–H and O–H groups in total. The van der Waals surface area contributed by atoms with Gasteiger partial charge in [0.05, 0.1) is 5.92 Å². The lowest BCUT2D eigenvalue weighted by atomic mass is 9.70. The summed E-state index contributed by atoms with van der Waals surface area (Å²) in [6, 6.07) is 0. The largest absolute Gasteiger partial charge is 0.356 e. The second-order valence-electron chi connectivity index (χ2n) is 7.75. The lowest BCUT2D eigenvalue weighted by Crippen LogP contribution is -2.43. The molecule has 4 unspecified atom stereocenters. The van der Waals surface area contributed by atoms with Crippen LogP contribution in [0, 0.1) is 22.7 Å². The van der Waals surface area contributed by atoms with E-state index < -0.39 is 0 Å². The molecule has 23 heavy (non-hydrogen) atoms. The minimum absolute atomic E-state index is 0.0452. The summed E-state index contributed by atoms with van der Waals surface area (Å²) in [5, 5.41) is 2.96. The van der Waals surface area contributed by atoms with Crippen LogP contribution in [-0.2, 0) is 9.59 Å². The van der Waals surface area contributed by atoms with Gasteiger partial charge in [-0.1, -0.05) is 26.0 Å². The predicted molar refractivity (Wildman–Crippen MR) is 92.8 cm³/mol. The molecule has 2 bridgehead atoms. The molecule has 0 radical (unpaired) electrons. The first-order valence-corrected chi connectivity index (χ1v) is 9.04. The highest BCUT2D eigenvalue weighted by Gasteiger charge is 2.55. The Balaban J connectivity index is 2.21. The molecule has 2 rings (SSSR count). The molecule has 4 heteroatoms. The van der Waals surface area contributed by atoms with Gasteiger partial charge in [0.2, 0.25) is 11.8 Å². The van der Waals surface area contributed by atoms with Crippen molar-refractivity contribution < 1.29 is 9.59 Å². The Morgan fingerprint density at radius 2 is 1.87 bits per heavy atom. The summed E-state index contributed by atoms with van der Waals surface area (Å²) < 4.78 is 0. The SMILES string of the molecule is CCNC(=O)C(CC(=O)N(CC)CC)C1CC2(C)C=CC1(C)C2. The van der Waals surface area contributed by atoms with E-state index in [1.54, 1.807) is 0 Å². The van der Waals surface area contributed by atoms with Crippen LogP contribution in [0.2, 0.25) is 0 Å². The lowest BCUT2D eigenvalue weighted by Gasteiger charge is -2.35. The van der Waals surface area contributed by atoms with Crippen LogP contribution in [0.15, 0.2) is 12.2 Å². The number of allylic oxidation sites excluding steroid dienone is 2. The normalized spacial score (nSPS) is 32.8. The zero-order chi connectivity index (χ0) is 17.3. The molecule has 0 heterocycles. The van der Waals surface area contributed by atoms with Gasteiger partial charge in [0.15, 0.2) is 0 Å². The number of carbonyl (C=O) groups is 2. The minimum Gasteiger partial charge on any atom is -0.356 e. The summed E-state index contributed by atoms with van der Waals surface area (Å²) in [6.07, 6.45) is 7.03. The summed E-state index contributed by atoms with van der Waals surface area (Å²) in [5.41, 5.74) is 0.246. The predicted octanol–water partition coefficient (Wildman–Crippen LogP) is 2.99. The van der Waals surface area contributed by atoms with Gasteiger partial charge in [-0.2, -0.15) is 0 Å². The summed E-state index contributed by atoms with van der Waals surface area (Å²) in [6.45, 7) is 12.5. The van der Waals surface area contributed by atoms with Crippen molar-refractivity contribution in [2.24, 2.45) is 22.7 Å². The number of nitrogens with one attached hydrogen (secondary N) is 1. The Kier molecular flexibility index (Phi) is 5.22. The van der Waals surface area contributed by atoms with Gasteiger partial charge in [-0.15, -0.1) is 0 Å². The maximum Gasteiger partial charge on any atom is 0.223 e. The third-order valence-corrected chi connectivity index (χ3v) is 5.87. The second kappa shape index (κ2) is 6.66. The van der Waals surface area contributed by atoms with Crippen molar-refractivity contribution in [3.05, 3.63) is 12.2 Å². The van der Waals surface area contributed by atoms with Crippen LogP contribution in [-0.4, -0.2) is 36.3 Å². The second-order valence-corrected chi connectivity index (χ2v) is 7.75. The number of carbonyl (C=O) groups excluding carboxylic acids is 2. The zero-order valence-corrected chi connectivity index (χ0v) is 15.3. The van der Waals surface area contributed by atoms with Crippen LogP contribution in [0.25, 0.3) is 0 Å². The topological polar surface area (TPSA) is 49.4 Å². The molecule has 2 aliphatic rings. The Hall–Kier alpha value is -1.32. The number of fused-ring (bicyclic) bond motifs is 2. The van der Waals surface area contributed by atoms with Crippen molar-refractivity contribution >= 4 is 11.8 Å². The summed E-state index contributed by atoms with van der Waals surface area (Å²) in [5.74, 6) is 0.180. The quantitative estimate of drug-likeness (QED) is 0.733. The third-order valence-electron chi connectivity index (χ3n) is 5.87. The van der Waals surface area contributed by atoms with Crippen molar-refractivity contribution in [2.75, 3.05) is 19.6 Å². The monoisotopic (exact) mass is 320 g/mol. The Morgan fingerprint density at radius 3 is 2.30 bits per heavy atom. The maximum absolute atomic E-state index is 12.7. The highest BCUT2D eigenvalue weighted by Crippen LogP contribution is 2.62. The molecule has 0 aliphatic heterocycles. The highest BCUT2D eigenvalue weighted by molar-refractivity contribution is 5.86. The maximum atomic E-state index is 12.7. The van der Waals surface area contributed by atoms with E-state index in [4.69, 9.17) is 0 Å². The molecule has 0 saturated heterocycles. The van der Waals surface area contributed by atoms with Crippen LogP contribution in [0.4, 0.5) is 0 Å². The fourth-order valence-electron chi connectivity index (χ4n) is 4.73. The number of nitrogens with zero attached hydrogens (tertiary/aromatic N) is 1. The van der Waals surface area contributed by atoms with Gasteiger partial charge in [0, 0.05) is 26.1 Å². The molecule has 0 aromatic rings. The average molecular weight is 320 g/mol. The van der Waals surface area contributed by atoms with Crippen molar-refractivity contribution in [1.82, 2.24) is 10.2 Å². The molecule has 1 saturated carbocycles. The molecular weight excluding hydrogens is 288 g/mol. The average Bonchev–Trinajstić information content (AvgIpc) is 2.94. The Morgan fingerprint density at radius 1 is 1.22 bits per heavy atom. The van der Waals surface area contributed by atoms with E-state index in [0.717, 1.165) is 12.8 Å². The lowest BCUT2D eigenvalue weighted by molar-refractivity contribution is -0.138. The summed E-state index contributed by atoms with van der Waals surface area (Å²) in [7, 11) is 0. The van der Waals surface area contributed by atoms with E-state index in [1.165, 1.54) is 0 Å². The van der Waals surface area contributed by atoms with Gasteiger partial charge in [-0.3, -0.25) is 9.59 Å². The van der Waals surface area contributed by atoms with Crippen LogP contribution >= 0.6 is 0 Å². The van der Waals surface area contributed by atoms with Crippen LogP contribution in [0.3, 0.4) is 0 Å². The molecule has 0 spiro atoms. The standard InChI is InChI=1S/C19H32N2O2/c1-6-20-17(23)14(11-16(22)21(7-2)8-3)15-12-18(4)9-10-19(15,5)13-18/h9-10,14-15H,6-8,11-13H2,1-5H3,(H,20,23). The van der Waals surface area contributed by atoms with Crippen molar-refractivity contribution in [3.63, 3.8) is 0 Å². The fraction of sp³-hybridized carbons (Fsp3) is 0.789. The molecule has 4 atom stereocenters. The highest BCUT2D eigenvalue weighted by atomic mass is 16.2. The molecular formula is C19H32N2O2. The minimum atomic E-state index is -0.222. The van der Waals surface area contributed by atoms with E-state index in [1.807, 2.05) is 25.7 Å². The number of hydrogen-bond donors (Lipinski definition) is 1. The van der Waals surface area contributed by atoms with E-state index in [0.29, 0.717) is 26.1 Å². The van der Waals surface area contributed by atoms with Crippen molar-refractivity contribution in [2.45, 2.75) is 53.9 Å². The first-order valence-electron chi connectivity index (χ1n) is 9.04. The van der Waals surface area contributed by atoms with Crippen LogP contribution < -0.4 is 5.32 Å². The fourth-order valence-corrected chi connectivity index (χ4v) is 4.73. The molecule has 1 fully saturated rings. The molecule has 4 nitrogen and oxygen atoms in total. The van der Waals surface area contributed by atoms with Gasteiger partial charge < -0.3 is 10.2 Å². The first-order chi connectivity index (χ1) is 10.8. The summed E-state index contributed by atoms with van der Waals surface area (Å²) >= 11 is 0. The van der Waals surface area contributed by atoms with Gasteiger partial charge >= 0.3 is 0 Å². The first kappa shape index (κ1) is 18.0. The van der Waals surface area contributed by atoms with E-state index in [-0.39, 0.29) is 34.5 Å². The van der Waals surface area contributed by atoms with E-state index in [9.17, 15) is 9.59 Å².